The van der Waals surface area contributed by atoms with Crippen LogP contribution in [0.5, 0.6) is 0 Å². The van der Waals surface area contributed by atoms with Crippen LogP contribution in [-0.4, -0.2) is 11.2 Å². The Kier molecular flexibility index (Phi) is 8.71. The van der Waals surface area contributed by atoms with Crippen LogP contribution in [0.1, 0.15) is 13.3 Å². The average molecular weight is 132 g/mol. The summed E-state index contributed by atoms with van der Waals surface area (Å²) in [4.78, 5) is 10.1. The third-order valence-electron chi connectivity index (χ3n) is 0.775. The zero-order valence-electron chi connectivity index (χ0n) is 5.26. The normalized spacial score (nSPS) is 7.00. The highest BCUT2D eigenvalue weighted by atomic mass is 17.0. The van der Waals surface area contributed by atoms with E-state index >= 15 is 0 Å². The molecule has 0 saturated heterocycles. The van der Waals surface area contributed by atoms with Gasteiger partial charge in [-0.15, -0.1) is 0 Å². The number of carbonyl (C=O) groups is 1. The fourth-order valence-electron chi connectivity index (χ4n) is 0.174. The molecule has 0 aliphatic heterocycles. The molecule has 9 heavy (non-hydrogen) atoms. The molecule has 0 aromatic carbocycles. The number of carbonyl (C=O) groups excluding carboxylic acids is 1. The zero-order valence-corrected chi connectivity index (χ0v) is 5.26. The van der Waals surface area contributed by atoms with Gasteiger partial charge >= 0.3 is 0 Å². The molecule has 0 atom stereocenters. The Hall–Kier alpha value is -0.870. The minimum atomic E-state index is -0.400. The van der Waals surface area contributed by atoms with Crippen LogP contribution in [0.3, 0.4) is 0 Å². The molecule has 1 radical (unpaired) electrons. The number of nitrogens with two attached hydrogens (primary N) is 1. The van der Waals surface area contributed by atoms with Crippen LogP contribution in [0.2, 0.25) is 0 Å². The molecule has 0 aromatic rings. The van der Waals surface area contributed by atoms with Crippen molar-refractivity contribution >= 4 is 5.91 Å². The maximum atomic E-state index is 10.1. The fraction of sp³-hybridized carbons (Fsp3) is 0.400. The van der Waals surface area contributed by atoms with Crippen molar-refractivity contribution in [3.05, 3.63) is 12.2 Å². The molecule has 0 bridgehead atoms. The lowest BCUT2D eigenvalue weighted by Gasteiger charge is -1.89. The number of hydrogen-bond donors (Lipinski definition) is 2. The third-order valence-corrected chi connectivity index (χ3v) is 0.775. The van der Waals surface area contributed by atoms with Crippen molar-refractivity contribution in [1.82, 2.24) is 0 Å². The Bertz CT molecular complexity index is 100. The van der Waals surface area contributed by atoms with Crippen molar-refractivity contribution in [2.24, 2.45) is 5.73 Å². The second-order valence-electron chi connectivity index (χ2n) is 1.32. The van der Waals surface area contributed by atoms with Gasteiger partial charge in [0.1, 0.15) is 0 Å². The highest BCUT2D eigenvalue weighted by Gasteiger charge is 1.93. The smallest absolute Gasteiger partial charge is 0.244 e. The monoisotopic (exact) mass is 132 g/mol. The number of primary amides is 1. The third kappa shape index (κ3) is 7.13. The van der Waals surface area contributed by atoms with Crippen molar-refractivity contribution in [1.29, 1.82) is 0 Å². The molecular formula is C5H10NO3. The maximum Gasteiger partial charge on any atom is 0.244 e. The molecular weight excluding hydrogens is 122 g/mol. The van der Waals surface area contributed by atoms with Crippen molar-refractivity contribution in [2.75, 3.05) is 0 Å². The highest BCUT2D eigenvalue weighted by Crippen LogP contribution is 1.91. The lowest BCUT2D eigenvalue weighted by Crippen LogP contribution is -2.11. The Balaban J connectivity index is 0. The molecule has 4 nitrogen and oxygen atoms in total. The SMILES string of the molecule is C=C(CC)C(N)=O.[O]O. The van der Waals surface area contributed by atoms with Crippen LogP contribution in [0.25, 0.3) is 0 Å². The first kappa shape index (κ1) is 11.0. The van der Waals surface area contributed by atoms with Crippen molar-refractivity contribution in [3.63, 3.8) is 0 Å². The number of hydrogen-bond acceptors (Lipinski definition) is 2. The van der Waals surface area contributed by atoms with Gasteiger partial charge in [-0.3, -0.25) is 4.79 Å². The maximum absolute atomic E-state index is 10.1. The van der Waals surface area contributed by atoms with Gasteiger partial charge in [-0.2, -0.15) is 0 Å². The molecule has 0 aliphatic carbocycles. The molecule has 0 fully saturated rings. The first-order valence-corrected chi connectivity index (χ1v) is 2.34. The van der Waals surface area contributed by atoms with Crippen LogP contribution in [0.15, 0.2) is 12.2 Å². The summed E-state index contributed by atoms with van der Waals surface area (Å²) in [5.41, 5.74) is 5.29. The van der Waals surface area contributed by atoms with Crippen molar-refractivity contribution in [3.8, 4) is 0 Å². The summed E-state index contributed by atoms with van der Waals surface area (Å²) in [6.07, 6.45) is 0.648. The topological polar surface area (TPSA) is 83.2 Å². The average Bonchev–Trinajstić information content (AvgIpc) is 1.91. The number of amides is 1. The van der Waals surface area contributed by atoms with Gasteiger partial charge in [0.2, 0.25) is 5.91 Å². The van der Waals surface area contributed by atoms with Crippen LogP contribution in [0, 0.1) is 0 Å². The molecule has 0 rings (SSSR count). The molecule has 53 valence electrons. The second-order valence-corrected chi connectivity index (χ2v) is 1.32. The second kappa shape index (κ2) is 7.13. The minimum absolute atomic E-state index is 0.400. The first-order chi connectivity index (χ1) is 4.18. The molecule has 0 spiro atoms. The summed E-state index contributed by atoms with van der Waals surface area (Å²) in [5, 5.41) is 13.0. The van der Waals surface area contributed by atoms with E-state index in [-0.39, 0.29) is 0 Å². The minimum Gasteiger partial charge on any atom is -0.366 e. The summed E-state index contributed by atoms with van der Waals surface area (Å²) >= 11 is 0. The van der Waals surface area contributed by atoms with Gasteiger partial charge in [0.05, 0.1) is 0 Å². The van der Waals surface area contributed by atoms with Gasteiger partial charge < -0.3 is 5.73 Å². The van der Waals surface area contributed by atoms with Gasteiger partial charge in [-0.25, -0.2) is 5.26 Å². The van der Waals surface area contributed by atoms with Crippen LogP contribution in [-0.2, 0) is 10.1 Å². The first-order valence-electron chi connectivity index (χ1n) is 2.34. The zero-order chi connectivity index (χ0) is 7.86. The highest BCUT2D eigenvalue weighted by molar-refractivity contribution is 5.91. The quantitative estimate of drug-likeness (QED) is 0.322. The van der Waals surface area contributed by atoms with Crippen LogP contribution >= 0.6 is 0 Å². The molecule has 4 heteroatoms. The van der Waals surface area contributed by atoms with Gasteiger partial charge in [0.15, 0.2) is 0 Å². The van der Waals surface area contributed by atoms with Crippen molar-refractivity contribution < 1.29 is 15.3 Å². The molecule has 0 heterocycles. The Labute approximate surface area is 53.5 Å². The Morgan fingerprint density at radius 3 is 2.00 bits per heavy atom. The summed E-state index contributed by atoms with van der Waals surface area (Å²) in [7, 11) is 0. The molecule has 0 aliphatic rings. The van der Waals surface area contributed by atoms with Gasteiger partial charge in [-0.1, -0.05) is 13.5 Å². The predicted molar refractivity (Wildman–Crippen MR) is 31.9 cm³/mol. The number of rotatable bonds is 2. The van der Waals surface area contributed by atoms with E-state index < -0.39 is 5.91 Å². The van der Waals surface area contributed by atoms with Crippen LogP contribution < -0.4 is 5.73 Å². The lowest BCUT2D eigenvalue weighted by atomic mass is 10.2. The summed E-state index contributed by atoms with van der Waals surface area (Å²) in [6.45, 7) is 5.24. The fourth-order valence-corrected chi connectivity index (χ4v) is 0.174. The Morgan fingerprint density at radius 1 is 1.67 bits per heavy atom. The van der Waals surface area contributed by atoms with E-state index in [9.17, 15) is 4.79 Å². The lowest BCUT2D eigenvalue weighted by molar-refractivity contribution is -0.247. The molecule has 1 amide bonds. The molecule has 0 unspecified atom stereocenters. The molecule has 0 aromatic heterocycles. The van der Waals surface area contributed by atoms with Crippen LogP contribution in [0.4, 0.5) is 0 Å². The predicted octanol–water partition coefficient (Wildman–Crippen LogP) is 0.328. The van der Waals surface area contributed by atoms with Gasteiger partial charge in [0, 0.05) is 5.57 Å². The van der Waals surface area contributed by atoms with E-state index in [1.54, 1.807) is 0 Å². The summed E-state index contributed by atoms with van der Waals surface area (Å²) in [6, 6.07) is 0. The van der Waals surface area contributed by atoms with Gasteiger partial charge in [0.25, 0.3) is 0 Å². The van der Waals surface area contributed by atoms with Crippen molar-refractivity contribution in [2.45, 2.75) is 13.3 Å². The van der Waals surface area contributed by atoms with E-state index in [1.165, 1.54) is 0 Å². The van der Waals surface area contributed by atoms with E-state index in [2.05, 4.69) is 6.58 Å². The largest absolute Gasteiger partial charge is 0.366 e. The van der Waals surface area contributed by atoms with E-state index in [0.29, 0.717) is 12.0 Å². The molecule has 0 saturated carbocycles. The molecule has 3 N–H and O–H groups in total. The standard InChI is InChI=1S/C5H9NO.HO2/c1-3-4(2)5(6)7;1-2/h2-3H2,1H3,(H2,6,7);1H. The van der Waals surface area contributed by atoms with E-state index in [0.717, 1.165) is 0 Å². The van der Waals surface area contributed by atoms with E-state index in [1.807, 2.05) is 6.92 Å². The van der Waals surface area contributed by atoms with E-state index in [4.69, 9.17) is 16.2 Å². The summed E-state index contributed by atoms with van der Waals surface area (Å²) < 4.78 is 0. The summed E-state index contributed by atoms with van der Waals surface area (Å²) in [5.74, 6) is -0.400. The Morgan fingerprint density at radius 2 is 2.00 bits per heavy atom. The van der Waals surface area contributed by atoms with Gasteiger partial charge in [-0.05, 0) is 11.7 Å².